The van der Waals surface area contributed by atoms with Crippen LogP contribution in [0.5, 0.6) is 0 Å². The van der Waals surface area contributed by atoms with E-state index >= 15 is 0 Å². The van der Waals surface area contributed by atoms with Crippen molar-refractivity contribution in [3.8, 4) is 0 Å². The van der Waals surface area contributed by atoms with Crippen molar-refractivity contribution < 1.29 is 4.79 Å². The number of hydrogen-bond acceptors (Lipinski definition) is 1. The largest absolute Gasteiger partial charge is 0.355 e. The summed E-state index contributed by atoms with van der Waals surface area (Å²) in [6.07, 6.45) is 2.50. The first-order valence-corrected chi connectivity index (χ1v) is 6.16. The summed E-state index contributed by atoms with van der Waals surface area (Å²) in [4.78, 5) is 10.7. The van der Waals surface area contributed by atoms with Crippen LogP contribution in [0.2, 0.25) is 0 Å². The number of nitrogens with one attached hydrogen (secondary N) is 1. The lowest BCUT2D eigenvalue weighted by atomic mass is 9.99. The number of amides is 1. The fourth-order valence-corrected chi connectivity index (χ4v) is 2.08. The monoisotopic (exact) mass is 239 g/mol. The third-order valence-electron chi connectivity index (χ3n) is 2.95. The highest BCUT2D eigenvalue weighted by Gasteiger charge is 2.09. The molecule has 0 aliphatic carbocycles. The van der Waals surface area contributed by atoms with Gasteiger partial charge in [-0.25, -0.2) is 0 Å². The van der Waals surface area contributed by atoms with Gasteiger partial charge in [-0.15, -0.1) is 0 Å². The van der Waals surface area contributed by atoms with Crippen LogP contribution in [0.15, 0.2) is 60.7 Å². The van der Waals surface area contributed by atoms with Crippen LogP contribution in [0.1, 0.15) is 11.1 Å². The Morgan fingerprint density at radius 2 is 1.28 bits per heavy atom. The summed E-state index contributed by atoms with van der Waals surface area (Å²) in [6.45, 7) is 0. The van der Waals surface area contributed by atoms with E-state index in [0.29, 0.717) is 0 Å². The Kier molecular flexibility index (Phi) is 4.53. The maximum Gasteiger partial charge on any atom is 0.207 e. The van der Waals surface area contributed by atoms with Gasteiger partial charge in [0.1, 0.15) is 0 Å². The van der Waals surface area contributed by atoms with Crippen molar-refractivity contribution in [1.29, 1.82) is 0 Å². The smallest absolute Gasteiger partial charge is 0.207 e. The highest BCUT2D eigenvalue weighted by Crippen LogP contribution is 2.08. The first-order valence-electron chi connectivity index (χ1n) is 6.16. The third-order valence-corrected chi connectivity index (χ3v) is 2.95. The molecule has 2 aromatic rings. The zero-order valence-electron chi connectivity index (χ0n) is 10.3. The predicted octanol–water partition coefficient (Wildman–Crippen LogP) is 2.59. The van der Waals surface area contributed by atoms with Crippen molar-refractivity contribution >= 4 is 6.41 Å². The second kappa shape index (κ2) is 6.60. The molecule has 18 heavy (non-hydrogen) atoms. The fourth-order valence-electron chi connectivity index (χ4n) is 2.08. The Hall–Kier alpha value is -2.09. The molecule has 0 bridgehead atoms. The lowest BCUT2D eigenvalue weighted by molar-refractivity contribution is -0.110. The first-order chi connectivity index (χ1) is 8.88. The van der Waals surface area contributed by atoms with Crippen LogP contribution in [0.4, 0.5) is 0 Å². The normalized spacial score (nSPS) is 10.3. The minimum Gasteiger partial charge on any atom is -0.355 e. The SMILES string of the molecule is O=CNC(Cc1ccccc1)Cc1ccccc1. The molecule has 0 atom stereocenters. The number of rotatable bonds is 6. The zero-order chi connectivity index (χ0) is 12.6. The summed E-state index contributed by atoms with van der Waals surface area (Å²) in [5.41, 5.74) is 2.49. The minimum atomic E-state index is 0.146. The Labute approximate surface area is 108 Å². The van der Waals surface area contributed by atoms with Gasteiger partial charge in [0.15, 0.2) is 0 Å². The van der Waals surface area contributed by atoms with E-state index in [0.717, 1.165) is 19.3 Å². The maximum atomic E-state index is 10.7. The molecule has 0 aliphatic heterocycles. The van der Waals surface area contributed by atoms with Gasteiger partial charge in [0.25, 0.3) is 0 Å². The summed E-state index contributed by atoms with van der Waals surface area (Å²) in [5, 5.41) is 2.90. The van der Waals surface area contributed by atoms with E-state index in [4.69, 9.17) is 0 Å². The van der Waals surface area contributed by atoms with E-state index < -0.39 is 0 Å². The third kappa shape index (κ3) is 3.74. The molecule has 0 spiro atoms. The predicted molar refractivity (Wildman–Crippen MR) is 73.3 cm³/mol. The highest BCUT2D eigenvalue weighted by atomic mass is 16.1. The van der Waals surface area contributed by atoms with E-state index in [9.17, 15) is 4.79 Å². The van der Waals surface area contributed by atoms with Crippen molar-refractivity contribution in [2.24, 2.45) is 0 Å². The Morgan fingerprint density at radius 3 is 1.67 bits per heavy atom. The molecule has 0 fully saturated rings. The highest BCUT2D eigenvalue weighted by molar-refractivity contribution is 5.47. The van der Waals surface area contributed by atoms with Gasteiger partial charge in [-0.05, 0) is 24.0 Å². The molecular formula is C16H17NO. The van der Waals surface area contributed by atoms with Crippen molar-refractivity contribution in [2.45, 2.75) is 18.9 Å². The second-order valence-corrected chi connectivity index (χ2v) is 4.36. The van der Waals surface area contributed by atoms with Crippen molar-refractivity contribution in [3.63, 3.8) is 0 Å². The molecule has 2 nitrogen and oxygen atoms in total. The molecule has 0 radical (unpaired) electrons. The van der Waals surface area contributed by atoms with Crippen LogP contribution in [0.25, 0.3) is 0 Å². The molecular weight excluding hydrogens is 222 g/mol. The van der Waals surface area contributed by atoms with Crippen LogP contribution < -0.4 is 5.32 Å². The van der Waals surface area contributed by atoms with Crippen molar-refractivity contribution in [3.05, 3.63) is 71.8 Å². The number of carbonyl (C=O) groups excluding carboxylic acids is 1. The van der Waals surface area contributed by atoms with E-state index in [1.54, 1.807) is 0 Å². The topological polar surface area (TPSA) is 29.1 Å². The van der Waals surface area contributed by atoms with Gasteiger partial charge in [0.05, 0.1) is 0 Å². The van der Waals surface area contributed by atoms with Gasteiger partial charge in [0.2, 0.25) is 6.41 Å². The summed E-state index contributed by atoms with van der Waals surface area (Å²) in [5.74, 6) is 0. The van der Waals surface area contributed by atoms with E-state index in [1.165, 1.54) is 11.1 Å². The van der Waals surface area contributed by atoms with Crippen molar-refractivity contribution in [1.82, 2.24) is 5.32 Å². The second-order valence-electron chi connectivity index (χ2n) is 4.36. The van der Waals surface area contributed by atoms with Gasteiger partial charge in [-0.3, -0.25) is 4.79 Å². The maximum absolute atomic E-state index is 10.7. The van der Waals surface area contributed by atoms with Gasteiger partial charge >= 0.3 is 0 Å². The van der Waals surface area contributed by atoms with Crippen LogP contribution in [0.3, 0.4) is 0 Å². The summed E-state index contributed by atoms with van der Waals surface area (Å²) in [7, 11) is 0. The van der Waals surface area contributed by atoms with Crippen LogP contribution in [-0.4, -0.2) is 12.5 Å². The molecule has 1 N–H and O–H groups in total. The summed E-state index contributed by atoms with van der Waals surface area (Å²) < 4.78 is 0. The Balaban J connectivity index is 2.02. The number of carbonyl (C=O) groups is 1. The molecule has 0 aliphatic rings. The molecule has 2 rings (SSSR count). The summed E-state index contributed by atoms with van der Waals surface area (Å²) in [6, 6.07) is 20.6. The van der Waals surface area contributed by atoms with Crippen LogP contribution in [0, 0.1) is 0 Å². The molecule has 2 heteroatoms. The minimum absolute atomic E-state index is 0.146. The quantitative estimate of drug-likeness (QED) is 0.771. The molecule has 92 valence electrons. The molecule has 0 saturated carbocycles. The van der Waals surface area contributed by atoms with Gasteiger partial charge in [0, 0.05) is 6.04 Å². The fraction of sp³-hybridized carbons (Fsp3) is 0.188. The van der Waals surface area contributed by atoms with E-state index in [2.05, 4.69) is 29.6 Å². The first kappa shape index (κ1) is 12.4. The number of hydrogen-bond donors (Lipinski definition) is 1. The molecule has 2 aromatic carbocycles. The lowest BCUT2D eigenvalue weighted by Gasteiger charge is -2.16. The van der Waals surface area contributed by atoms with Gasteiger partial charge in [-0.2, -0.15) is 0 Å². The standard InChI is InChI=1S/C16H17NO/c18-13-17-16(11-14-7-3-1-4-8-14)12-15-9-5-2-6-10-15/h1-10,13,16H,11-12H2,(H,17,18). The van der Waals surface area contributed by atoms with Crippen molar-refractivity contribution in [2.75, 3.05) is 0 Å². The van der Waals surface area contributed by atoms with E-state index in [-0.39, 0.29) is 6.04 Å². The zero-order valence-corrected chi connectivity index (χ0v) is 10.3. The Morgan fingerprint density at radius 1 is 0.833 bits per heavy atom. The number of benzene rings is 2. The molecule has 0 heterocycles. The van der Waals surface area contributed by atoms with E-state index in [1.807, 2.05) is 36.4 Å². The Bertz CT molecular complexity index is 425. The summed E-state index contributed by atoms with van der Waals surface area (Å²) >= 11 is 0. The van der Waals surface area contributed by atoms with Gasteiger partial charge in [-0.1, -0.05) is 60.7 Å². The van der Waals surface area contributed by atoms with Crippen LogP contribution >= 0.6 is 0 Å². The average Bonchev–Trinajstić information content (AvgIpc) is 2.41. The molecule has 0 unspecified atom stereocenters. The van der Waals surface area contributed by atoms with Gasteiger partial charge < -0.3 is 5.32 Å². The lowest BCUT2D eigenvalue weighted by Crippen LogP contribution is -2.32. The molecule has 0 saturated heterocycles. The molecule has 1 amide bonds. The van der Waals surface area contributed by atoms with Crippen LogP contribution in [-0.2, 0) is 17.6 Å². The molecule has 0 aromatic heterocycles. The average molecular weight is 239 g/mol.